The minimum Gasteiger partial charge on any atom is -0.489 e. The highest BCUT2D eigenvalue weighted by Crippen LogP contribution is 2.24. The smallest absolute Gasteiger partial charge is 0.343 e. The molecule has 0 aliphatic rings. The Balaban J connectivity index is 1.38. The second-order valence-electron chi connectivity index (χ2n) is 8.12. The zero-order chi connectivity index (χ0) is 25.3. The van der Waals surface area contributed by atoms with Crippen LogP contribution in [0.15, 0.2) is 95.6 Å². The van der Waals surface area contributed by atoms with Gasteiger partial charge in [0.15, 0.2) is 6.61 Å². The summed E-state index contributed by atoms with van der Waals surface area (Å²) in [6, 6.07) is 26.0. The van der Waals surface area contributed by atoms with Crippen LogP contribution in [-0.4, -0.2) is 37.5 Å². The molecule has 0 aliphatic heterocycles. The number of hydrogen-bond acceptors (Lipinski definition) is 6. The zero-order valence-corrected chi connectivity index (χ0v) is 20.2. The van der Waals surface area contributed by atoms with Gasteiger partial charge in [-0.25, -0.2) is 4.79 Å². The summed E-state index contributed by atoms with van der Waals surface area (Å²) in [4.78, 5) is 26.0. The quantitative estimate of drug-likeness (QED) is 0.282. The highest BCUT2D eigenvalue weighted by Gasteiger charge is 2.15. The van der Waals surface area contributed by atoms with Gasteiger partial charge in [0.1, 0.15) is 23.9 Å². The lowest BCUT2D eigenvalue weighted by Crippen LogP contribution is -2.26. The van der Waals surface area contributed by atoms with Crippen LogP contribution >= 0.6 is 0 Å². The maximum atomic E-state index is 13.0. The monoisotopic (exact) mass is 485 g/mol. The second kappa shape index (κ2) is 11.8. The molecule has 1 aromatic heterocycles. The second-order valence-corrected chi connectivity index (χ2v) is 8.12. The van der Waals surface area contributed by atoms with Crippen LogP contribution in [0.4, 0.5) is 0 Å². The van der Waals surface area contributed by atoms with Gasteiger partial charge < -0.3 is 23.5 Å². The Hall–Kier alpha value is -4.52. The van der Waals surface area contributed by atoms with E-state index in [2.05, 4.69) is 4.74 Å². The number of rotatable bonds is 10. The van der Waals surface area contributed by atoms with Crippen LogP contribution in [0.5, 0.6) is 11.5 Å². The topological polar surface area (TPSA) is 78.2 Å². The van der Waals surface area contributed by atoms with Crippen LogP contribution in [0.1, 0.15) is 21.5 Å². The number of carbonyl (C=O) groups is 2. The van der Waals surface area contributed by atoms with Crippen molar-refractivity contribution < 1.29 is 28.2 Å². The molecule has 0 saturated carbocycles. The molecule has 36 heavy (non-hydrogen) atoms. The lowest BCUT2D eigenvalue weighted by Gasteiger charge is -2.20. The molecule has 1 amide bonds. The minimum absolute atomic E-state index is 0.0914. The van der Waals surface area contributed by atoms with Crippen molar-refractivity contribution in [2.75, 3.05) is 20.8 Å². The van der Waals surface area contributed by atoms with Gasteiger partial charge in [0, 0.05) is 30.3 Å². The number of para-hydroxylation sites is 1. The maximum Gasteiger partial charge on any atom is 0.343 e. The number of ether oxygens (including phenoxy) is 3. The summed E-state index contributed by atoms with van der Waals surface area (Å²) in [5.41, 5.74) is 3.28. The molecular weight excluding hydrogens is 458 g/mol. The molecule has 0 atom stereocenters. The van der Waals surface area contributed by atoms with Crippen molar-refractivity contribution in [1.82, 2.24) is 4.90 Å². The average molecular weight is 486 g/mol. The molecule has 0 bridgehead atoms. The Kier molecular flexibility index (Phi) is 8.03. The first-order valence-electron chi connectivity index (χ1n) is 11.4. The molecule has 0 N–H and O–H groups in total. The van der Waals surface area contributed by atoms with Gasteiger partial charge in [0.05, 0.1) is 13.4 Å². The summed E-state index contributed by atoms with van der Waals surface area (Å²) in [5, 5.41) is 0. The molecule has 0 unspecified atom stereocenters. The van der Waals surface area contributed by atoms with Gasteiger partial charge in [-0.15, -0.1) is 0 Å². The maximum absolute atomic E-state index is 13.0. The minimum atomic E-state index is -0.447. The largest absolute Gasteiger partial charge is 0.489 e. The fraction of sp³-hybridized carbons (Fsp3) is 0.172. The van der Waals surface area contributed by atoms with Gasteiger partial charge in [-0.05, 0) is 48.0 Å². The Morgan fingerprint density at radius 2 is 1.69 bits per heavy atom. The van der Waals surface area contributed by atoms with Gasteiger partial charge in [-0.2, -0.15) is 0 Å². The summed E-state index contributed by atoms with van der Waals surface area (Å²) >= 11 is 0. The summed E-state index contributed by atoms with van der Waals surface area (Å²) in [5.74, 6) is 1.46. The predicted molar refractivity (Wildman–Crippen MR) is 135 cm³/mol. The van der Waals surface area contributed by atoms with E-state index in [1.165, 1.54) is 7.11 Å². The molecule has 7 nitrogen and oxygen atoms in total. The summed E-state index contributed by atoms with van der Waals surface area (Å²) in [6.07, 6.45) is 1.62. The van der Waals surface area contributed by atoms with Crippen molar-refractivity contribution in [1.29, 1.82) is 0 Å². The van der Waals surface area contributed by atoms with Crippen LogP contribution in [-0.2, 0) is 22.7 Å². The van der Waals surface area contributed by atoms with Crippen LogP contribution in [0.3, 0.4) is 0 Å². The van der Waals surface area contributed by atoms with Gasteiger partial charge >= 0.3 is 5.97 Å². The summed E-state index contributed by atoms with van der Waals surface area (Å²) in [6.45, 7) is 0.533. The standard InChI is InChI=1S/C29H27NO6/c1-30(29(32)23-14-12-22(13-15-23)26-11-6-16-34-26)18-24-8-3-4-10-27(24)36-19-21-7-5-9-25(17-21)35-20-28(31)33-2/h3-17H,18-20H2,1-2H3. The van der Waals surface area contributed by atoms with Crippen molar-refractivity contribution in [3.8, 4) is 22.8 Å². The van der Waals surface area contributed by atoms with Gasteiger partial charge in [-0.3, -0.25) is 4.79 Å². The molecule has 4 rings (SSSR count). The highest BCUT2D eigenvalue weighted by atomic mass is 16.6. The normalized spacial score (nSPS) is 10.5. The lowest BCUT2D eigenvalue weighted by molar-refractivity contribution is -0.142. The number of methoxy groups -OCH3 is 1. The van der Waals surface area contributed by atoms with Gasteiger partial charge in [0.2, 0.25) is 0 Å². The van der Waals surface area contributed by atoms with Crippen molar-refractivity contribution in [2.24, 2.45) is 0 Å². The predicted octanol–water partition coefficient (Wildman–Crippen LogP) is 5.35. The van der Waals surface area contributed by atoms with Crippen molar-refractivity contribution >= 4 is 11.9 Å². The van der Waals surface area contributed by atoms with E-state index in [9.17, 15) is 9.59 Å². The third kappa shape index (κ3) is 6.33. The van der Waals surface area contributed by atoms with E-state index in [0.717, 1.165) is 22.5 Å². The van der Waals surface area contributed by atoms with Crippen LogP contribution < -0.4 is 9.47 Å². The molecule has 4 aromatic rings. The van der Waals surface area contributed by atoms with Gasteiger partial charge in [0.25, 0.3) is 5.91 Å². The van der Waals surface area contributed by atoms with E-state index in [0.29, 0.717) is 30.2 Å². The molecule has 3 aromatic carbocycles. The van der Waals surface area contributed by atoms with E-state index in [1.54, 1.807) is 36.4 Å². The molecule has 184 valence electrons. The third-order valence-corrected chi connectivity index (χ3v) is 5.54. The first-order valence-corrected chi connectivity index (χ1v) is 11.4. The molecular formula is C29H27NO6. The SMILES string of the molecule is COC(=O)COc1cccc(COc2ccccc2CN(C)C(=O)c2ccc(-c3ccco3)cc2)c1. The first-order chi connectivity index (χ1) is 17.5. The fourth-order valence-electron chi connectivity index (χ4n) is 3.63. The Bertz CT molecular complexity index is 1300. The van der Waals surface area contributed by atoms with Crippen molar-refractivity contribution in [3.63, 3.8) is 0 Å². The van der Waals surface area contributed by atoms with E-state index < -0.39 is 5.97 Å². The fourth-order valence-corrected chi connectivity index (χ4v) is 3.63. The molecule has 0 radical (unpaired) electrons. The number of furan rings is 1. The average Bonchev–Trinajstić information content (AvgIpc) is 3.46. The third-order valence-electron chi connectivity index (χ3n) is 5.54. The Morgan fingerprint density at radius 1 is 0.889 bits per heavy atom. The lowest BCUT2D eigenvalue weighted by atomic mass is 10.1. The molecule has 7 heteroatoms. The molecule has 0 saturated heterocycles. The number of carbonyl (C=O) groups excluding carboxylic acids is 2. The number of esters is 1. The van der Waals surface area contributed by atoms with Gasteiger partial charge in [-0.1, -0.05) is 42.5 Å². The number of amides is 1. The van der Waals surface area contributed by atoms with E-state index >= 15 is 0 Å². The highest BCUT2D eigenvalue weighted by molar-refractivity contribution is 5.94. The van der Waals surface area contributed by atoms with E-state index in [-0.39, 0.29) is 12.5 Å². The number of benzene rings is 3. The number of nitrogens with zero attached hydrogens (tertiary/aromatic N) is 1. The van der Waals surface area contributed by atoms with Crippen LogP contribution in [0, 0.1) is 0 Å². The Morgan fingerprint density at radius 3 is 2.44 bits per heavy atom. The molecule has 1 heterocycles. The van der Waals surface area contributed by atoms with Crippen molar-refractivity contribution in [2.45, 2.75) is 13.2 Å². The summed E-state index contributed by atoms with van der Waals surface area (Å²) in [7, 11) is 3.08. The van der Waals surface area contributed by atoms with Crippen molar-refractivity contribution in [3.05, 3.63) is 108 Å². The summed E-state index contributed by atoms with van der Waals surface area (Å²) < 4.78 is 21.5. The molecule has 0 fully saturated rings. The van der Waals surface area contributed by atoms with Crippen LogP contribution in [0.25, 0.3) is 11.3 Å². The molecule has 0 spiro atoms. The Labute approximate surface area is 209 Å². The van der Waals surface area contributed by atoms with E-state index in [4.69, 9.17) is 13.9 Å². The number of hydrogen-bond donors (Lipinski definition) is 0. The first kappa shape index (κ1) is 24.6. The molecule has 0 aliphatic carbocycles. The van der Waals surface area contributed by atoms with E-state index in [1.807, 2.05) is 66.7 Å². The zero-order valence-electron chi connectivity index (χ0n) is 20.2. The van der Waals surface area contributed by atoms with Crippen LogP contribution in [0.2, 0.25) is 0 Å².